The second-order valence-electron chi connectivity index (χ2n) is 7.86. The third-order valence-electron chi connectivity index (χ3n) is 6.47. The molecule has 2 amide bonds. The Hall–Kier alpha value is -1.23. The number of fused-ring (bicyclic) bond motifs is 2. The molecular formula is C18H28N2O3. The molecule has 3 saturated carbocycles. The van der Waals surface area contributed by atoms with E-state index in [9.17, 15) is 14.4 Å². The molecule has 3 aliphatic carbocycles. The van der Waals surface area contributed by atoms with Crippen molar-refractivity contribution in [3.8, 4) is 0 Å². The smallest absolute Gasteiger partial charge is 0.233 e. The quantitative estimate of drug-likeness (QED) is 0.722. The Morgan fingerprint density at radius 1 is 1.13 bits per heavy atom. The predicted octanol–water partition coefficient (Wildman–Crippen LogP) is 1.56. The first-order valence-corrected chi connectivity index (χ1v) is 8.94. The number of rotatable bonds is 5. The van der Waals surface area contributed by atoms with Gasteiger partial charge in [0.05, 0.1) is 11.8 Å². The number of likely N-dealkylation sites (tertiary alicyclic amines) is 1. The Labute approximate surface area is 138 Å². The summed E-state index contributed by atoms with van der Waals surface area (Å²) >= 11 is 0. The van der Waals surface area contributed by atoms with Gasteiger partial charge >= 0.3 is 0 Å². The molecule has 0 aromatic carbocycles. The summed E-state index contributed by atoms with van der Waals surface area (Å²) in [7, 11) is 0. The molecule has 1 aliphatic heterocycles. The van der Waals surface area contributed by atoms with Crippen molar-refractivity contribution in [1.82, 2.24) is 9.80 Å². The molecule has 0 aromatic heterocycles. The fraction of sp³-hybridized carbons (Fsp3) is 0.833. The molecule has 4 fully saturated rings. The number of nitrogens with zero attached hydrogens (tertiary/aromatic N) is 2. The molecule has 1 saturated heterocycles. The summed E-state index contributed by atoms with van der Waals surface area (Å²) in [4.78, 5) is 41.9. The number of hydrogen-bond donors (Lipinski definition) is 0. The first-order valence-electron chi connectivity index (χ1n) is 8.94. The topological polar surface area (TPSA) is 57.7 Å². The van der Waals surface area contributed by atoms with E-state index < -0.39 is 5.92 Å². The van der Waals surface area contributed by atoms with Crippen LogP contribution in [0.3, 0.4) is 0 Å². The summed E-state index contributed by atoms with van der Waals surface area (Å²) in [6, 6.07) is 0. The largest absolute Gasteiger partial charge is 0.302 e. The minimum absolute atomic E-state index is 0.0287. The highest BCUT2D eigenvalue weighted by Gasteiger charge is 2.66. The van der Waals surface area contributed by atoms with E-state index >= 15 is 0 Å². The van der Waals surface area contributed by atoms with Crippen LogP contribution in [0, 0.1) is 29.1 Å². The number of hydrogen-bond acceptors (Lipinski definition) is 4. The Balaban J connectivity index is 1.84. The van der Waals surface area contributed by atoms with Crippen LogP contribution in [0.4, 0.5) is 0 Å². The third kappa shape index (κ3) is 2.35. The van der Waals surface area contributed by atoms with Crippen molar-refractivity contribution in [2.24, 2.45) is 29.1 Å². The number of carbonyl (C=O) groups is 3. The lowest BCUT2D eigenvalue weighted by atomic mass is 9.48. The Morgan fingerprint density at radius 3 is 2.35 bits per heavy atom. The highest BCUT2D eigenvalue weighted by Crippen LogP contribution is 2.60. The van der Waals surface area contributed by atoms with Crippen LogP contribution in [0.2, 0.25) is 0 Å². The molecule has 1 heterocycles. The number of carbonyl (C=O) groups excluding carboxylic acids is 3. The van der Waals surface area contributed by atoms with E-state index in [1.807, 2.05) is 6.92 Å². The SMILES string of the molecule is CCN(CC)CCN1C(=O)C2C3C(=O)CC(C)(CC3C)C2C1=O. The standard InChI is InChI=1S/C18H28N2O3/c1-5-19(6-2)7-8-20-16(22)14-13-11(3)9-18(4,10-12(13)21)15(14)17(20)23/h11,13-15H,5-10H2,1-4H3. The van der Waals surface area contributed by atoms with Crippen molar-refractivity contribution >= 4 is 17.6 Å². The summed E-state index contributed by atoms with van der Waals surface area (Å²) in [5.74, 6) is -0.625. The van der Waals surface area contributed by atoms with E-state index in [1.54, 1.807) is 0 Å². The minimum Gasteiger partial charge on any atom is -0.302 e. The molecule has 0 spiro atoms. The molecule has 2 bridgehead atoms. The fourth-order valence-corrected chi connectivity index (χ4v) is 5.41. The molecule has 5 heteroatoms. The van der Waals surface area contributed by atoms with Gasteiger partial charge in [-0.05, 0) is 30.8 Å². The molecule has 5 unspecified atom stereocenters. The highest BCUT2D eigenvalue weighted by atomic mass is 16.2. The summed E-state index contributed by atoms with van der Waals surface area (Å²) in [6.07, 6.45) is 1.35. The van der Waals surface area contributed by atoms with Crippen molar-refractivity contribution in [1.29, 1.82) is 0 Å². The summed E-state index contributed by atoms with van der Waals surface area (Å²) in [5, 5.41) is 0. The predicted molar refractivity (Wildman–Crippen MR) is 86.5 cm³/mol. The van der Waals surface area contributed by atoms with Gasteiger partial charge in [-0.25, -0.2) is 0 Å². The Kier molecular flexibility index (Phi) is 4.11. The lowest BCUT2D eigenvalue weighted by molar-refractivity contribution is -0.157. The molecule has 0 aromatic rings. The van der Waals surface area contributed by atoms with Crippen LogP contribution in [-0.4, -0.2) is 53.6 Å². The van der Waals surface area contributed by atoms with E-state index in [2.05, 4.69) is 25.7 Å². The number of Topliss-reactive ketones (excluding diaryl/α,β-unsaturated/α-hetero) is 1. The number of amides is 2. The summed E-state index contributed by atoms with van der Waals surface area (Å²) < 4.78 is 0. The first kappa shape index (κ1) is 16.6. The van der Waals surface area contributed by atoms with Crippen LogP contribution in [0.5, 0.6) is 0 Å². The van der Waals surface area contributed by atoms with Gasteiger partial charge in [-0.15, -0.1) is 0 Å². The van der Waals surface area contributed by atoms with Crippen molar-refractivity contribution in [3.63, 3.8) is 0 Å². The molecule has 5 atom stereocenters. The van der Waals surface area contributed by atoms with Crippen LogP contribution < -0.4 is 0 Å². The lowest BCUT2D eigenvalue weighted by Crippen LogP contribution is -2.56. The van der Waals surface area contributed by atoms with Gasteiger partial charge in [-0.3, -0.25) is 19.3 Å². The van der Waals surface area contributed by atoms with Crippen molar-refractivity contribution in [2.75, 3.05) is 26.2 Å². The molecule has 23 heavy (non-hydrogen) atoms. The minimum atomic E-state index is -0.394. The van der Waals surface area contributed by atoms with Crippen LogP contribution in [0.1, 0.15) is 40.5 Å². The van der Waals surface area contributed by atoms with Gasteiger partial charge in [0.25, 0.3) is 0 Å². The molecule has 128 valence electrons. The van der Waals surface area contributed by atoms with Crippen molar-refractivity contribution in [2.45, 2.75) is 40.5 Å². The zero-order chi connectivity index (χ0) is 16.9. The second kappa shape index (κ2) is 5.69. The average molecular weight is 320 g/mol. The maximum atomic E-state index is 12.9. The molecule has 4 aliphatic rings. The van der Waals surface area contributed by atoms with Gasteiger partial charge < -0.3 is 4.90 Å². The zero-order valence-electron chi connectivity index (χ0n) is 14.7. The third-order valence-corrected chi connectivity index (χ3v) is 6.47. The van der Waals surface area contributed by atoms with Gasteiger partial charge in [0, 0.05) is 25.4 Å². The van der Waals surface area contributed by atoms with E-state index in [1.165, 1.54) is 4.90 Å². The van der Waals surface area contributed by atoms with Gasteiger partial charge in [0.15, 0.2) is 0 Å². The van der Waals surface area contributed by atoms with Gasteiger partial charge in [-0.1, -0.05) is 27.7 Å². The lowest BCUT2D eigenvalue weighted by Gasteiger charge is -2.52. The van der Waals surface area contributed by atoms with Crippen molar-refractivity contribution < 1.29 is 14.4 Å². The van der Waals surface area contributed by atoms with Crippen LogP contribution in [0.25, 0.3) is 0 Å². The van der Waals surface area contributed by atoms with Crippen LogP contribution >= 0.6 is 0 Å². The normalized spacial score (nSPS) is 39.5. The molecule has 0 N–H and O–H groups in total. The maximum absolute atomic E-state index is 12.9. The maximum Gasteiger partial charge on any atom is 0.233 e. The monoisotopic (exact) mass is 320 g/mol. The zero-order valence-corrected chi connectivity index (χ0v) is 14.7. The molecular weight excluding hydrogens is 292 g/mol. The first-order chi connectivity index (χ1) is 10.8. The van der Waals surface area contributed by atoms with Crippen molar-refractivity contribution in [3.05, 3.63) is 0 Å². The number of imide groups is 1. The summed E-state index contributed by atoms with van der Waals surface area (Å²) in [5.41, 5.74) is -0.327. The molecule has 4 rings (SSSR count). The number of ketones is 1. The Morgan fingerprint density at radius 2 is 1.78 bits per heavy atom. The van der Waals surface area contributed by atoms with Gasteiger partial charge in [0.1, 0.15) is 5.78 Å². The fourth-order valence-electron chi connectivity index (χ4n) is 5.41. The van der Waals surface area contributed by atoms with E-state index in [-0.39, 0.29) is 40.8 Å². The Bertz CT molecular complexity index is 542. The highest BCUT2D eigenvalue weighted by molar-refractivity contribution is 6.09. The molecule has 0 radical (unpaired) electrons. The van der Waals surface area contributed by atoms with E-state index in [0.29, 0.717) is 13.0 Å². The molecule has 5 nitrogen and oxygen atoms in total. The van der Waals surface area contributed by atoms with Gasteiger partial charge in [-0.2, -0.15) is 0 Å². The van der Waals surface area contributed by atoms with Crippen LogP contribution in [-0.2, 0) is 14.4 Å². The van der Waals surface area contributed by atoms with Gasteiger partial charge in [0.2, 0.25) is 11.8 Å². The van der Waals surface area contributed by atoms with E-state index in [4.69, 9.17) is 0 Å². The summed E-state index contributed by atoms with van der Waals surface area (Å²) in [6.45, 7) is 11.3. The number of likely N-dealkylation sites (N-methyl/N-ethyl adjacent to an activating group) is 1. The van der Waals surface area contributed by atoms with E-state index in [0.717, 1.165) is 26.1 Å². The second-order valence-corrected chi connectivity index (χ2v) is 7.86. The average Bonchev–Trinajstić information content (AvgIpc) is 2.73. The van der Waals surface area contributed by atoms with Crippen LogP contribution in [0.15, 0.2) is 0 Å².